The van der Waals surface area contributed by atoms with Crippen molar-refractivity contribution in [2.75, 3.05) is 12.4 Å². The van der Waals surface area contributed by atoms with Gasteiger partial charge < -0.3 is 5.11 Å². The lowest BCUT2D eigenvalue weighted by Gasteiger charge is -2.11. The van der Waals surface area contributed by atoms with Gasteiger partial charge in [-0.05, 0) is 30.2 Å². The Hall–Kier alpha value is -0.770. The Morgan fingerprint density at radius 2 is 2.11 bits per heavy atom. The molecule has 1 N–H and O–H groups in total. The molecule has 0 amide bonds. The van der Waals surface area contributed by atoms with E-state index in [1.165, 1.54) is 0 Å². The highest BCUT2D eigenvalue weighted by atomic mass is 35.5. The number of thioether (sulfide) groups is 1. The van der Waals surface area contributed by atoms with Gasteiger partial charge in [-0.15, -0.1) is 0 Å². The number of aromatic nitrogens is 1. The summed E-state index contributed by atoms with van der Waals surface area (Å²) in [6.45, 7) is 4.30. The number of para-hydroxylation sites is 1. The van der Waals surface area contributed by atoms with Crippen LogP contribution in [0.2, 0.25) is 5.02 Å². The Bertz CT molecular complexity index is 573. The van der Waals surface area contributed by atoms with Gasteiger partial charge in [0.25, 0.3) is 0 Å². The van der Waals surface area contributed by atoms with Crippen molar-refractivity contribution in [1.29, 1.82) is 0 Å². The molecule has 2 rings (SSSR count). The Kier molecular flexibility index (Phi) is 5.08. The molecular weight excluding hydrogens is 278 g/mol. The minimum atomic E-state index is 0.227. The van der Waals surface area contributed by atoms with Crippen LogP contribution in [0.1, 0.15) is 18.2 Å². The summed E-state index contributed by atoms with van der Waals surface area (Å²) in [5, 5.41) is 10.9. The number of aliphatic hydroxyl groups is 1. The standard InChI is InChI=1S/C15H18ClNOS/c1-10(7-18)8-19-9-14-15(16)11(2)12-5-3-4-6-13(12)17-14/h3-6,10,18H,7-9H2,1-2H3. The van der Waals surface area contributed by atoms with E-state index in [9.17, 15) is 0 Å². The summed E-state index contributed by atoms with van der Waals surface area (Å²) in [5.74, 6) is 2.01. The van der Waals surface area contributed by atoms with Crippen LogP contribution in [0.15, 0.2) is 24.3 Å². The van der Waals surface area contributed by atoms with Gasteiger partial charge in [0.2, 0.25) is 0 Å². The minimum absolute atomic E-state index is 0.227. The van der Waals surface area contributed by atoms with Gasteiger partial charge in [-0.25, -0.2) is 0 Å². The number of nitrogens with zero attached hydrogens (tertiary/aromatic N) is 1. The maximum Gasteiger partial charge on any atom is 0.0709 e. The molecule has 2 aromatic rings. The number of aliphatic hydroxyl groups excluding tert-OH is 1. The molecule has 2 nitrogen and oxygen atoms in total. The highest BCUT2D eigenvalue weighted by molar-refractivity contribution is 7.98. The average Bonchev–Trinajstić information content (AvgIpc) is 2.44. The van der Waals surface area contributed by atoms with Gasteiger partial charge in [-0.3, -0.25) is 4.98 Å². The van der Waals surface area contributed by atoms with Crippen LogP contribution >= 0.6 is 23.4 Å². The molecule has 0 saturated carbocycles. The fourth-order valence-electron chi connectivity index (χ4n) is 1.92. The van der Waals surface area contributed by atoms with Crippen molar-refractivity contribution in [2.45, 2.75) is 19.6 Å². The second-order valence-electron chi connectivity index (χ2n) is 4.82. The number of pyridine rings is 1. The first-order valence-electron chi connectivity index (χ1n) is 6.35. The molecule has 1 heterocycles. The summed E-state index contributed by atoms with van der Waals surface area (Å²) >= 11 is 8.16. The smallest absolute Gasteiger partial charge is 0.0709 e. The van der Waals surface area contributed by atoms with Gasteiger partial charge in [0.05, 0.1) is 16.2 Å². The Labute approximate surface area is 123 Å². The van der Waals surface area contributed by atoms with Gasteiger partial charge >= 0.3 is 0 Å². The fraction of sp³-hybridized carbons (Fsp3) is 0.400. The van der Waals surface area contributed by atoms with Gasteiger partial charge in [0.15, 0.2) is 0 Å². The molecule has 1 atom stereocenters. The number of rotatable bonds is 5. The monoisotopic (exact) mass is 295 g/mol. The van der Waals surface area contributed by atoms with Crippen LogP contribution in [0.5, 0.6) is 0 Å². The topological polar surface area (TPSA) is 33.1 Å². The summed E-state index contributed by atoms with van der Waals surface area (Å²) in [4.78, 5) is 4.64. The van der Waals surface area contributed by atoms with E-state index in [1.807, 2.05) is 38.1 Å². The summed E-state index contributed by atoms with van der Waals surface area (Å²) in [7, 11) is 0. The minimum Gasteiger partial charge on any atom is -0.396 e. The van der Waals surface area contributed by atoms with Gasteiger partial charge in [-0.1, -0.05) is 36.7 Å². The van der Waals surface area contributed by atoms with Crippen molar-refractivity contribution in [3.8, 4) is 0 Å². The molecule has 0 aliphatic carbocycles. The molecule has 0 spiro atoms. The van der Waals surface area contributed by atoms with Crippen LogP contribution in [0.3, 0.4) is 0 Å². The molecule has 102 valence electrons. The number of aryl methyl sites for hydroxylation is 1. The van der Waals surface area contributed by atoms with E-state index in [-0.39, 0.29) is 6.61 Å². The van der Waals surface area contributed by atoms with Crippen LogP contribution < -0.4 is 0 Å². The summed E-state index contributed by atoms with van der Waals surface area (Å²) < 4.78 is 0. The quantitative estimate of drug-likeness (QED) is 0.903. The summed E-state index contributed by atoms with van der Waals surface area (Å²) in [5.41, 5.74) is 3.03. The van der Waals surface area contributed by atoms with E-state index in [2.05, 4.69) is 4.98 Å². The lowest BCUT2D eigenvalue weighted by molar-refractivity contribution is 0.250. The zero-order valence-electron chi connectivity index (χ0n) is 11.2. The second kappa shape index (κ2) is 6.60. The number of fused-ring (bicyclic) bond motifs is 1. The Morgan fingerprint density at radius 3 is 2.84 bits per heavy atom. The molecule has 0 aliphatic heterocycles. The van der Waals surface area contributed by atoms with Crippen molar-refractivity contribution < 1.29 is 5.11 Å². The predicted molar refractivity (Wildman–Crippen MR) is 83.9 cm³/mol. The highest BCUT2D eigenvalue weighted by Gasteiger charge is 2.10. The normalized spacial score (nSPS) is 12.8. The zero-order valence-corrected chi connectivity index (χ0v) is 12.8. The Morgan fingerprint density at radius 1 is 1.37 bits per heavy atom. The molecule has 0 fully saturated rings. The molecule has 1 unspecified atom stereocenters. The predicted octanol–water partition coefficient (Wildman–Crippen LogP) is 4.06. The lowest BCUT2D eigenvalue weighted by Crippen LogP contribution is -2.04. The van der Waals surface area contributed by atoms with E-state index < -0.39 is 0 Å². The van der Waals surface area contributed by atoms with E-state index in [0.717, 1.165) is 38.7 Å². The van der Waals surface area contributed by atoms with E-state index in [4.69, 9.17) is 16.7 Å². The first kappa shape index (κ1) is 14.6. The highest BCUT2D eigenvalue weighted by Crippen LogP contribution is 2.29. The molecular formula is C15H18ClNOS. The maximum absolute atomic E-state index is 9.02. The van der Waals surface area contributed by atoms with Crippen LogP contribution in [-0.2, 0) is 5.75 Å². The molecule has 1 aromatic carbocycles. The van der Waals surface area contributed by atoms with E-state index >= 15 is 0 Å². The molecule has 4 heteroatoms. The Balaban J connectivity index is 2.21. The molecule has 0 saturated heterocycles. The number of hydrogen-bond acceptors (Lipinski definition) is 3. The van der Waals surface area contributed by atoms with Crippen LogP contribution in [-0.4, -0.2) is 22.5 Å². The van der Waals surface area contributed by atoms with Gasteiger partial charge in [0.1, 0.15) is 0 Å². The van der Waals surface area contributed by atoms with E-state index in [0.29, 0.717) is 5.92 Å². The van der Waals surface area contributed by atoms with Crippen molar-refractivity contribution >= 4 is 34.3 Å². The molecule has 0 aliphatic rings. The number of halogens is 1. The van der Waals surface area contributed by atoms with Crippen molar-refractivity contribution in [3.63, 3.8) is 0 Å². The summed E-state index contributed by atoms with van der Waals surface area (Å²) in [6.07, 6.45) is 0. The van der Waals surface area contributed by atoms with Gasteiger partial charge in [-0.2, -0.15) is 11.8 Å². The summed E-state index contributed by atoms with van der Waals surface area (Å²) in [6, 6.07) is 8.07. The molecule has 0 radical (unpaired) electrons. The fourth-order valence-corrected chi connectivity index (χ4v) is 3.24. The van der Waals surface area contributed by atoms with Crippen molar-refractivity contribution in [2.24, 2.45) is 5.92 Å². The van der Waals surface area contributed by atoms with Gasteiger partial charge in [0, 0.05) is 17.7 Å². The van der Waals surface area contributed by atoms with E-state index in [1.54, 1.807) is 11.8 Å². The third-order valence-electron chi connectivity index (χ3n) is 3.10. The largest absolute Gasteiger partial charge is 0.396 e. The maximum atomic E-state index is 9.02. The van der Waals surface area contributed by atoms with Crippen LogP contribution in [0.4, 0.5) is 0 Å². The molecule has 19 heavy (non-hydrogen) atoms. The SMILES string of the molecule is Cc1c(Cl)c(CSCC(C)CO)nc2ccccc12. The first-order chi connectivity index (χ1) is 9.13. The third-order valence-corrected chi connectivity index (χ3v) is 4.88. The first-order valence-corrected chi connectivity index (χ1v) is 7.89. The number of hydrogen-bond donors (Lipinski definition) is 1. The average molecular weight is 296 g/mol. The zero-order chi connectivity index (χ0) is 13.8. The lowest BCUT2D eigenvalue weighted by atomic mass is 10.1. The molecule has 1 aromatic heterocycles. The van der Waals surface area contributed by atoms with Crippen molar-refractivity contribution in [3.05, 3.63) is 40.5 Å². The van der Waals surface area contributed by atoms with Crippen molar-refractivity contribution in [1.82, 2.24) is 4.98 Å². The molecule has 0 bridgehead atoms. The second-order valence-corrected chi connectivity index (χ2v) is 6.23. The van der Waals surface area contributed by atoms with Crippen LogP contribution in [0.25, 0.3) is 10.9 Å². The third kappa shape index (κ3) is 3.41. The number of benzene rings is 1. The van der Waals surface area contributed by atoms with Crippen LogP contribution in [0, 0.1) is 12.8 Å².